The minimum absolute atomic E-state index is 0.210. The lowest BCUT2D eigenvalue weighted by molar-refractivity contribution is 0.582. The van der Waals surface area contributed by atoms with E-state index in [0.29, 0.717) is 23.4 Å². The second-order valence-electron chi connectivity index (χ2n) is 3.59. The molecule has 0 aliphatic carbocycles. The van der Waals surface area contributed by atoms with Crippen LogP contribution < -0.4 is 5.32 Å². The van der Waals surface area contributed by atoms with E-state index in [9.17, 15) is 8.78 Å². The average molecular weight is 317 g/mol. The second-order valence-corrected chi connectivity index (χ2v) is 4.44. The van der Waals surface area contributed by atoms with Crippen molar-refractivity contribution in [3.05, 3.63) is 40.4 Å². The topological polar surface area (TPSA) is 42.7 Å². The maximum atomic E-state index is 13.5. The van der Waals surface area contributed by atoms with Crippen LogP contribution in [-0.4, -0.2) is 14.8 Å². The smallest absolute Gasteiger partial charge is 0.150 e. The van der Waals surface area contributed by atoms with Crippen molar-refractivity contribution in [1.29, 1.82) is 0 Å². The number of rotatable bonds is 4. The van der Waals surface area contributed by atoms with Gasteiger partial charge in [-0.15, -0.1) is 0 Å². The van der Waals surface area contributed by atoms with Crippen LogP contribution in [0.1, 0.15) is 12.7 Å². The van der Waals surface area contributed by atoms with E-state index in [1.165, 1.54) is 12.4 Å². The first-order valence-corrected chi connectivity index (χ1v) is 6.16. The number of hydrogen-bond acceptors (Lipinski definition) is 3. The number of benzene rings is 1. The van der Waals surface area contributed by atoms with Gasteiger partial charge in [0.15, 0.2) is 0 Å². The molecule has 1 N–H and O–H groups in total. The molecule has 0 fully saturated rings. The molecular formula is C11H11BrF2N4. The van der Waals surface area contributed by atoms with Crippen molar-refractivity contribution in [2.24, 2.45) is 0 Å². The zero-order valence-corrected chi connectivity index (χ0v) is 11.2. The lowest BCUT2D eigenvalue weighted by atomic mass is 10.3. The molecule has 0 spiro atoms. The van der Waals surface area contributed by atoms with Gasteiger partial charge in [0.2, 0.25) is 0 Å². The molecule has 18 heavy (non-hydrogen) atoms. The van der Waals surface area contributed by atoms with Crippen LogP contribution in [-0.2, 0) is 13.1 Å². The van der Waals surface area contributed by atoms with E-state index in [1.54, 1.807) is 4.68 Å². The van der Waals surface area contributed by atoms with Gasteiger partial charge < -0.3 is 5.32 Å². The highest BCUT2D eigenvalue weighted by atomic mass is 79.9. The molecule has 0 aliphatic heterocycles. The van der Waals surface area contributed by atoms with Crippen molar-refractivity contribution in [2.45, 2.75) is 20.0 Å². The van der Waals surface area contributed by atoms with Crippen molar-refractivity contribution in [2.75, 3.05) is 5.32 Å². The summed E-state index contributed by atoms with van der Waals surface area (Å²) < 4.78 is 28.5. The van der Waals surface area contributed by atoms with E-state index in [1.807, 2.05) is 6.92 Å². The minimum atomic E-state index is -0.649. The van der Waals surface area contributed by atoms with Gasteiger partial charge in [0, 0.05) is 17.1 Å². The molecule has 0 amide bonds. The summed E-state index contributed by atoms with van der Waals surface area (Å²) in [6, 6.07) is 2.04. The van der Waals surface area contributed by atoms with E-state index < -0.39 is 11.6 Å². The Morgan fingerprint density at radius 2 is 2.17 bits per heavy atom. The summed E-state index contributed by atoms with van der Waals surface area (Å²) in [5, 5.41) is 6.88. The van der Waals surface area contributed by atoms with E-state index in [-0.39, 0.29) is 5.69 Å². The third-order valence-electron chi connectivity index (χ3n) is 2.43. The highest BCUT2D eigenvalue weighted by molar-refractivity contribution is 9.10. The van der Waals surface area contributed by atoms with E-state index in [0.717, 1.165) is 6.07 Å². The van der Waals surface area contributed by atoms with Crippen molar-refractivity contribution in [1.82, 2.24) is 14.8 Å². The normalized spacial score (nSPS) is 10.7. The predicted octanol–water partition coefficient (Wildman–Crippen LogP) is 2.95. The van der Waals surface area contributed by atoms with Crippen molar-refractivity contribution >= 4 is 21.6 Å². The third kappa shape index (κ3) is 2.66. The van der Waals surface area contributed by atoms with Crippen LogP contribution in [0.2, 0.25) is 0 Å². The lowest BCUT2D eigenvalue weighted by Gasteiger charge is -2.10. The van der Waals surface area contributed by atoms with Gasteiger partial charge in [0.1, 0.15) is 23.8 Å². The van der Waals surface area contributed by atoms with E-state index >= 15 is 0 Å². The fourth-order valence-corrected chi connectivity index (χ4v) is 2.12. The lowest BCUT2D eigenvalue weighted by Crippen LogP contribution is -2.10. The number of nitrogens with zero attached hydrogens (tertiary/aromatic N) is 3. The van der Waals surface area contributed by atoms with Crippen molar-refractivity contribution in [3.63, 3.8) is 0 Å². The fraction of sp³-hybridized carbons (Fsp3) is 0.273. The summed E-state index contributed by atoms with van der Waals surface area (Å²) in [7, 11) is 0. The molecule has 4 nitrogen and oxygen atoms in total. The Morgan fingerprint density at radius 3 is 2.83 bits per heavy atom. The Morgan fingerprint density at radius 1 is 1.39 bits per heavy atom. The number of hydrogen-bond donors (Lipinski definition) is 1. The minimum Gasteiger partial charge on any atom is -0.374 e. The monoisotopic (exact) mass is 316 g/mol. The fourth-order valence-electron chi connectivity index (χ4n) is 1.57. The van der Waals surface area contributed by atoms with Gasteiger partial charge in [-0.05, 0) is 28.9 Å². The molecule has 0 aliphatic rings. The highest BCUT2D eigenvalue weighted by Crippen LogP contribution is 2.27. The Balaban J connectivity index is 2.16. The first kappa shape index (κ1) is 12.9. The molecule has 0 unspecified atom stereocenters. The summed E-state index contributed by atoms with van der Waals surface area (Å²) >= 11 is 3.11. The number of anilines is 1. The van der Waals surface area contributed by atoms with Crippen LogP contribution >= 0.6 is 15.9 Å². The Hall–Kier alpha value is -1.50. The van der Waals surface area contributed by atoms with Crippen molar-refractivity contribution in [3.8, 4) is 0 Å². The van der Waals surface area contributed by atoms with Gasteiger partial charge in [0.05, 0.1) is 12.2 Å². The Bertz CT molecular complexity index is 533. The van der Waals surface area contributed by atoms with Gasteiger partial charge in [-0.25, -0.2) is 18.4 Å². The predicted molar refractivity (Wildman–Crippen MR) is 67.1 cm³/mol. The molecule has 1 heterocycles. The summed E-state index contributed by atoms with van der Waals surface area (Å²) in [4.78, 5) is 4.06. The maximum absolute atomic E-state index is 13.5. The van der Waals surface area contributed by atoms with E-state index in [2.05, 4.69) is 31.3 Å². The molecule has 2 aromatic rings. The molecule has 0 atom stereocenters. The molecule has 0 radical (unpaired) electrons. The largest absolute Gasteiger partial charge is 0.374 e. The highest BCUT2D eigenvalue weighted by Gasteiger charge is 2.10. The SMILES string of the molecule is CCn1ncnc1CNc1c(F)cc(F)cc1Br. The number of aromatic nitrogens is 3. The van der Waals surface area contributed by atoms with Crippen molar-refractivity contribution < 1.29 is 8.78 Å². The number of aryl methyl sites for hydroxylation is 1. The van der Waals surface area contributed by atoms with Crippen LogP contribution in [0, 0.1) is 11.6 Å². The molecule has 96 valence electrons. The van der Waals surface area contributed by atoms with E-state index in [4.69, 9.17) is 0 Å². The maximum Gasteiger partial charge on any atom is 0.150 e. The van der Waals surface area contributed by atoms with Gasteiger partial charge in [-0.1, -0.05) is 0 Å². The zero-order chi connectivity index (χ0) is 13.1. The molecule has 2 rings (SSSR count). The number of halogens is 3. The van der Waals surface area contributed by atoms with Crippen LogP contribution in [0.25, 0.3) is 0 Å². The molecule has 0 saturated carbocycles. The van der Waals surface area contributed by atoms with Gasteiger partial charge in [-0.3, -0.25) is 0 Å². The molecule has 0 bridgehead atoms. The summed E-state index contributed by atoms with van der Waals surface area (Å²) in [6.07, 6.45) is 1.44. The average Bonchev–Trinajstić information content (AvgIpc) is 2.75. The van der Waals surface area contributed by atoms with Crippen LogP contribution in [0.4, 0.5) is 14.5 Å². The molecular weight excluding hydrogens is 306 g/mol. The van der Waals surface area contributed by atoms with Gasteiger partial charge >= 0.3 is 0 Å². The number of nitrogens with one attached hydrogen (secondary N) is 1. The molecule has 1 aromatic heterocycles. The molecule has 1 aromatic carbocycles. The van der Waals surface area contributed by atoms with Crippen LogP contribution in [0.3, 0.4) is 0 Å². The van der Waals surface area contributed by atoms with Crippen LogP contribution in [0.15, 0.2) is 22.9 Å². The molecule has 7 heteroatoms. The summed E-state index contributed by atoms with van der Waals surface area (Å²) in [6.45, 7) is 2.94. The molecule has 0 saturated heterocycles. The summed E-state index contributed by atoms with van der Waals surface area (Å²) in [5.41, 5.74) is 0.210. The summed E-state index contributed by atoms with van der Waals surface area (Å²) in [5.74, 6) is -0.584. The second kappa shape index (κ2) is 5.43. The Kier molecular flexibility index (Phi) is 3.90. The van der Waals surface area contributed by atoms with Gasteiger partial charge in [0.25, 0.3) is 0 Å². The third-order valence-corrected chi connectivity index (χ3v) is 3.05. The van der Waals surface area contributed by atoms with Gasteiger partial charge in [-0.2, -0.15) is 5.10 Å². The first-order chi connectivity index (χ1) is 8.61. The quantitative estimate of drug-likeness (QED) is 0.943. The first-order valence-electron chi connectivity index (χ1n) is 5.37. The standard InChI is InChI=1S/C11H11BrF2N4/c1-2-18-10(16-6-17-18)5-15-11-8(12)3-7(13)4-9(11)14/h3-4,6,15H,2,5H2,1H3. The van der Waals surface area contributed by atoms with Crippen LogP contribution in [0.5, 0.6) is 0 Å². The Labute approximate surface area is 111 Å². The zero-order valence-electron chi connectivity index (χ0n) is 9.62.